The molecule has 0 aromatic rings. The van der Waals surface area contributed by atoms with Crippen molar-refractivity contribution in [1.82, 2.24) is 5.32 Å². The first kappa shape index (κ1) is 18.9. The van der Waals surface area contributed by atoms with Crippen molar-refractivity contribution in [2.75, 3.05) is 13.6 Å². The van der Waals surface area contributed by atoms with E-state index in [0.717, 1.165) is 25.3 Å². The van der Waals surface area contributed by atoms with E-state index in [9.17, 15) is 0 Å². The van der Waals surface area contributed by atoms with Crippen LogP contribution in [0.2, 0.25) is 0 Å². The highest BCUT2D eigenvalue weighted by molar-refractivity contribution is 5.41. The lowest BCUT2D eigenvalue weighted by Crippen LogP contribution is -2.19. The standard InChI is InChI=1S/C20H34N2/c1-7-17(11-10-16(2)12-14-21-5)15-18-9-8-13-20(3,4)19(18)22-6/h7,15-16,21H,1,6,8-14H2,2-5H3/b17-15-. The zero-order valence-electron chi connectivity index (χ0n) is 15.0. The monoisotopic (exact) mass is 302 g/mol. The Kier molecular flexibility index (Phi) is 7.81. The maximum atomic E-state index is 4.35. The zero-order valence-corrected chi connectivity index (χ0v) is 15.0. The molecule has 0 amide bonds. The van der Waals surface area contributed by atoms with Crippen molar-refractivity contribution in [3.8, 4) is 0 Å². The topological polar surface area (TPSA) is 24.4 Å². The van der Waals surface area contributed by atoms with Crippen LogP contribution < -0.4 is 5.32 Å². The fourth-order valence-electron chi connectivity index (χ4n) is 3.25. The molecule has 1 N–H and O–H groups in total. The van der Waals surface area contributed by atoms with Gasteiger partial charge in [-0.1, -0.05) is 39.5 Å². The van der Waals surface area contributed by atoms with E-state index < -0.39 is 0 Å². The van der Waals surface area contributed by atoms with E-state index in [-0.39, 0.29) is 5.41 Å². The molecule has 0 saturated carbocycles. The molecular weight excluding hydrogens is 268 g/mol. The van der Waals surface area contributed by atoms with E-state index in [2.05, 4.69) is 50.5 Å². The van der Waals surface area contributed by atoms with Crippen LogP contribution in [0, 0.1) is 11.3 Å². The van der Waals surface area contributed by atoms with E-state index in [1.165, 1.54) is 42.5 Å². The van der Waals surface area contributed by atoms with Crippen LogP contribution in [-0.4, -0.2) is 20.3 Å². The van der Waals surface area contributed by atoms with Gasteiger partial charge in [0.05, 0.1) is 0 Å². The van der Waals surface area contributed by atoms with E-state index in [4.69, 9.17) is 0 Å². The lowest BCUT2D eigenvalue weighted by Gasteiger charge is -2.31. The Morgan fingerprint density at radius 2 is 2.14 bits per heavy atom. The quantitative estimate of drug-likeness (QED) is 0.454. The number of aliphatic imine (C=N–C) groups is 1. The average molecular weight is 303 g/mol. The van der Waals surface area contributed by atoms with E-state index >= 15 is 0 Å². The van der Waals surface area contributed by atoms with Gasteiger partial charge >= 0.3 is 0 Å². The molecule has 1 aliphatic rings. The van der Waals surface area contributed by atoms with E-state index in [0.29, 0.717) is 0 Å². The Hall–Kier alpha value is -1.15. The second-order valence-corrected chi connectivity index (χ2v) is 7.23. The van der Waals surface area contributed by atoms with Gasteiger partial charge < -0.3 is 5.32 Å². The molecule has 0 heterocycles. The van der Waals surface area contributed by atoms with E-state index in [1.54, 1.807) is 0 Å². The first-order chi connectivity index (χ1) is 10.4. The maximum Gasteiger partial charge on any atom is 0.0484 e. The highest BCUT2D eigenvalue weighted by Crippen LogP contribution is 2.41. The molecule has 1 aliphatic carbocycles. The predicted octanol–water partition coefficient (Wildman–Crippen LogP) is 5.29. The molecular formula is C20H34N2. The third kappa shape index (κ3) is 5.57. The number of rotatable bonds is 9. The van der Waals surface area contributed by atoms with Gasteiger partial charge in [-0.2, -0.15) is 0 Å². The van der Waals surface area contributed by atoms with Crippen molar-refractivity contribution in [3.05, 3.63) is 35.6 Å². The van der Waals surface area contributed by atoms with Crippen molar-refractivity contribution >= 4 is 6.72 Å². The summed E-state index contributed by atoms with van der Waals surface area (Å²) in [6.07, 6.45) is 11.4. The van der Waals surface area contributed by atoms with Crippen LogP contribution >= 0.6 is 0 Å². The highest BCUT2D eigenvalue weighted by Gasteiger charge is 2.28. The minimum atomic E-state index is 0.151. The number of hydrogen-bond acceptors (Lipinski definition) is 2. The summed E-state index contributed by atoms with van der Waals surface area (Å²) in [4.78, 5) is 4.35. The fraction of sp³-hybridized carbons (Fsp3) is 0.650. The number of hydrogen-bond donors (Lipinski definition) is 1. The van der Waals surface area contributed by atoms with Gasteiger partial charge in [-0.25, -0.2) is 0 Å². The van der Waals surface area contributed by atoms with Crippen molar-refractivity contribution in [3.63, 3.8) is 0 Å². The summed E-state index contributed by atoms with van der Waals surface area (Å²) in [6.45, 7) is 15.8. The summed E-state index contributed by atoms with van der Waals surface area (Å²) < 4.78 is 0. The van der Waals surface area contributed by atoms with Gasteiger partial charge in [-0.05, 0) is 75.9 Å². The minimum absolute atomic E-state index is 0.151. The van der Waals surface area contributed by atoms with Crippen LogP contribution in [0.1, 0.15) is 59.3 Å². The molecule has 2 nitrogen and oxygen atoms in total. The van der Waals surface area contributed by atoms with Crippen LogP contribution in [0.5, 0.6) is 0 Å². The Bertz CT molecular complexity index is 441. The van der Waals surface area contributed by atoms with Crippen molar-refractivity contribution in [2.45, 2.75) is 59.3 Å². The summed E-state index contributed by atoms with van der Waals surface area (Å²) in [5, 5.41) is 3.23. The second-order valence-electron chi connectivity index (χ2n) is 7.23. The van der Waals surface area contributed by atoms with Crippen molar-refractivity contribution < 1.29 is 0 Å². The lowest BCUT2D eigenvalue weighted by molar-refractivity contribution is 0.367. The molecule has 0 saturated heterocycles. The molecule has 124 valence electrons. The molecule has 0 aliphatic heterocycles. The molecule has 22 heavy (non-hydrogen) atoms. The fourth-order valence-corrected chi connectivity index (χ4v) is 3.25. The second kappa shape index (κ2) is 9.09. The van der Waals surface area contributed by atoms with Crippen LogP contribution in [-0.2, 0) is 0 Å². The minimum Gasteiger partial charge on any atom is -0.320 e. The summed E-state index contributed by atoms with van der Waals surface area (Å²) in [7, 11) is 2.02. The smallest absolute Gasteiger partial charge is 0.0484 e. The van der Waals surface area contributed by atoms with Gasteiger partial charge in [-0.3, -0.25) is 4.99 Å². The number of nitrogens with one attached hydrogen (secondary N) is 1. The Morgan fingerprint density at radius 1 is 1.41 bits per heavy atom. The van der Waals surface area contributed by atoms with Crippen LogP contribution in [0.3, 0.4) is 0 Å². The van der Waals surface area contributed by atoms with Gasteiger partial charge in [0.2, 0.25) is 0 Å². The number of nitrogens with zero attached hydrogens (tertiary/aromatic N) is 1. The third-order valence-corrected chi connectivity index (χ3v) is 4.79. The molecule has 0 bridgehead atoms. The highest BCUT2D eigenvalue weighted by atomic mass is 14.8. The van der Waals surface area contributed by atoms with E-state index in [1.807, 2.05) is 13.1 Å². The predicted molar refractivity (Wildman–Crippen MR) is 99.4 cm³/mol. The number of allylic oxidation sites excluding steroid dienone is 5. The summed E-state index contributed by atoms with van der Waals surface area (Å²) >= 11 is 0. The molecule has 0 aromatic carbocycles. The first-order valence-corrected chi connectivity index (χ1v) is 8.62. The summed E-state index contributed by atoms with van der Waals surface area (Å²) in [5.41, 5.74) is 4.04. The molecule has 1 atom stereocenters. The molecule has 0 radical (unpaired) electrons. The van der Waals surface area contributed by atoms with Crippen molar-refractivity contribution in [2.24, 2.45) is 16.3 Å². The van der Waals surface area contributed by atoms with Gasteiger partial charge in [0.1, 0.15) is 0 Å². The Morgan fingerprint density at radius 3 is 2.73 bits per heavy atom. The summed E-state index contributed by atoms with van der Waals surface area (Å²) in [6, 6.07) is 0. The molecule has 0 fully saturated rings. The van der Waals surface area contributed by atoms with Crippen LogP contribution in [0.25, 0.3) is 0 Å². The lowest BCUT2D eigenvalue weighted by atomic mass is 9.76. The Labute approximate surface area is 137 Å². The first-order valence-electron chi connectivity index (χ1n) is 8.62. The van der Waals surface area contributed by atoms with Crippen molar-refractivity contribution in [1.29, 1.82) is 0 Å². The SMILES string of the molecule is C=C/C(=C/C1=C(N=C)C(C)(C)CCC1)CCC(C)CCNC. The summed E-state index contributed by atoms with van der Waals surface area (Å²) in [5.74, 6) is 0.740. The van der Waals surface area contributed by atoms with Gasteiger partial charge in [0.15, 0.2) is 0 Å². The van der Waals surface area contributed by atoms with Crippen LogP contribution in [0.4, 0.5) is 0 Å². The largest absolute Gasteiger partial charge is 0.320 e. The maximum absolute atomic E-state index is 4.35. The van der Waals surface area contributed by atoms with Gasteiger partial charge in [0, 0.05) is 11.1 Å². The molecule has 0 aromatic heterocycles. The molecule has 0 spiro atoms. The van der Waals surface area contributed by atoms with Gasteiger partial charge in [0.25, 0.3) is 0 Å². The molecule has 1 unspecified atom stereocenters. The normalized spacial score (nSPS) is 19.9. The average Bonchev–Trinajstić information content (AvgIpc) is 2.48. The molecule has 1 rings (SSSR count). The third-order valence-electron chi connectivity index (χ3n) is 4.79. The van der Waals surface area contributed by atoms with Crippen LogP contribution in [0.15, 0.2) is 40.6 Å². The Balaban J connectivity index is 2.80. The zero-order chi connectivity index (χ0) is 16.6. The molecule has 2 heteroatoms. The van der Waals surface area contributed by atoms with Gasteiger partial charge in [-0.15, -0.1) is 0 Å².